The number of benzene rings is 1. The Balaban J connectivity index is 3.03. The zero-order valence-electron chi connectivity index (χ0n) is 10.3. The van der Waals surface area contributed by atoms with Gasteiger partial charge in [0.25, 0.3) is 0 Å². The molecule has 90 valence electrons. The highest BCUT2D eigenvalue weighted by molar-refractivity contribution is 6.31. The molecule has 0 amide bonds. The van der Waals surface area contributed by atoms with E-state index in [-0.39, 0.29) is 6.04 Å². The van der Waals surface area contributed by atoms with Crippen LogP contribution in [0.3, 0.4) is 0 Å². The highest BCUT2D eigenvalue weighted by Gasteiger charge is 2.12. The second-order valence-corrected chi connectivity index (χ2v) is 4.53. The summed E-state index contributed by atoms with van der Waals surface area (Å²) < 4.78 is 0. The summed E-state index contributed by atoms with van der Waals surface area (Å²) in [6.45, 7) is 5.20. The predicted molar refractivity (Wildman–Crippen MR) is 72.4 cm³/mol. The van der Waals surface area contributed by atoms with Gasteiger partial charge in [0, 0.05) is 30.3 Å². The van der Waals surface area contributed by atoms with Crippen LogP contribution in [0.15, 0.2) is 18.2 Å². The minimum atomic E-state index is 0.184. The van der Waals surface area contributed by atoms with E-state index in [0.717, 1.165) is 24.4 Å². The fourth-order valence-electron chi connectivity index (χ4n) is 1.68. The van der Waals surface area contributed by atoms with Crippen molar-refractivity contribution in [2.24, 2.45) is 5.73 Å². The first-order valence-electron chi connectivity index (χ1n) is 5.84. The van der Waals surface area contributed by atoms with E-state index in [4.69, 9.17) is 17.3 Å². The number of hydrogen-bond donors (Lipinski definition) is 1. The van der Waals surface area contributed by atoms with Crippen molar-refractivity contribution < 1.29 is 0 Å². The Kier molecular flexibility index (Phi) is 5.10. The van der Waals surface area contributed by atoms with Crippen LogP contribution in [0.2, 0.25) is 5.02 Å². The van der Waals surface area contributed by atoms with Gasteiger partial charge < -0.3 is 10.6 Å². The summed E-state index contributed by atoms with van der Waals surface area (Å²) in [5, 5.41) is 0.821. The molecule has 0 radical (unpaired) electrons. The first kappa shape index (κ1) is 13.3. The Hall–Kier alpha value is -0.730. The second kappa shape index (κ2) is 6.12. The maximum absolute atomic E-state index is 6.25. The van der Waals surface area contributed by atoms with Crippen LogP contribution in [-0.2, 0) is 6.42 Å². The monoisotopic (exact) mass is 240 g/mol. The fourth-order valence-corrected chi connectivity index (χ4v) is 1.93. The van der Waals surface area contributed by atoms with Crippen LogP contribution in [-0.4, -0.2) is 19.6 Å². The number of hydrogen-bond acceptors (Lipinski definition) is 2. The minimum absolute atomic E-state index is 0.184. The first-order chi connectivity index (χ1) is 7.60. The molecule has 1 aromatic rings. The van der Waals surface area contributed by atoms with Crippen LogP contribution < -0.4 is 10.6 Å². The van der Waals surface area contributed by atoms with E-state index in [0.29, 0.717) is 0 Å². The third-order valence-electron chi connectivity index (χ3n) is 2.97. The summed E-state index contributed by atoms with van der Waals surface area (Å²) in [4.78, 5) is 2.20. The van der Waals surface area contributed by atoms with Gasteiger partial charge in [-0.2, -0.15) is 0 Å². The van der Waals surface area contributed by atoms with Gasteiger partial charge in [-0.3, -0.25) is 0 Å². The van der Waals surface area contributed by atoms with Crippen LogP contribution in [0, 0.1) is 0 Å². The second-order valence-electron chi connectivity index (χ2n) is 4.12. The Morgan fingerprint density at radius 3 is 2.62 bits per heavy atom. The lowest BCUT2D eigenvalue weighted by Gasteiger charge is -2.23. The van der Waals surface area contributed by atoms with Crippen molar-refractivity contribution in [2.45, 2.75) is 32.7 Å². The summed E-state index contributed by atoms with van der Waals surface area (Å²) in [6.07, 6.45) is 1.82. The molecule has 0 aliphatic heterocycles. The molecule has 0 aliphatic carbocycles. The molecule has 1 atom stereocenters. The van der Waals surface area contributed by atoms with Crippen molar-refractivity contribution in [2.75, 3.05) is 18.5 Å². The number of anilines is 1. The highest BCUT2D eigenvalue weighted by atomic mass is 35.5. The number of rotatable bonds is 5. The molecule has 1 unspecified atom stereocenters. The fraction of sp³-hybridized carbons (Fsp3) is 0.538. The van der Waals surface area contributed by atoms with Crippen LogP contribution in [0.4, 0.5) is 5.69 Å². The number of nitrogens with zero attached hydrogens (tertiary/aromatic N) is 1. The highest BCUT2D eigenvalue weighted by Crippen LogP contribution is 2.28. The number of halogens is 1. The normalized spacial score (nSPS) is 12.6. The van der Waals surface area contributed by atoms with Gasteiger partial charge in [0.1, 0.15) is 0 Å². The van der Waals surface area contributed by atoms with Crippen molar-refractivity contribution >= 4 is 17.3 Å². The maximum atomic E-state index is 6.25. The third kappa shape index (κ3) is 3.13. The molecular weight excluding hydrogens is 220 g/mol. The topological polar surface area (TPSA) is 29.3 Å². The molecule has 0 fully saturated rings. The van der Waals surface area contributed by atoms with E-state index in [1.54, 1.807) is 0 Å². The Bertz CT molecular complexity index is 339. The van der Waals surface area contributed by atoms with E-state index < -0.39 is 0 Å². The lowest BCUT2D eigenvalue weighted by molar-refractivity contribution is 0.645. The van der Waals surface area contributed by atoms with Gasteiger partial charge in [-0.15, -0.1) is 0 Å². The quantitative estimate of drug-likeness (QED) is 0.857. The largest absolute Gasteiger partial charge is 0.375 e. The van der Waals surface area contributed by atoms with Gasteiger partial charge in [-0.25, -0.2) is 0 Å². The van der Waals surface area contributed by atoms with Crippen LogP contribution in [0.1, 0.15) is 25.8 Å². The van der Waals surface area contributed by atoms with Crippen molar-refractivity contribution in [3.8, 4) is 0 Å². The average Bonchev–Trinajstić information content (AvgIpc) is 2.30. The smallest absolute Gasteiger partial charge is 0.0459 e. The molecule has 2 N–H and O–H groups in total. The molecule has 0 spiro atoms. The van der Waals surface area contributed by atoms with Gasteiger partial charge in [0.2, 0.25) is 0 Å². The standard InChI is InChI=1S/C13H21ClN2/c1-4-10(15)9-11-12(14)7-6-8-13(11)16(3)5-2/h6-8,10H,4-5,9,15H2,1-3H3. The third-order valence-corrected chi connectivity index (χ3v) is 3.32. The molecule has 2 nitrogen and oxygen atoms in total. The zero-order chi connectivity index (χ0) is 12.1. The van der Waals surface area contributed by atoms with Crippen LogP contribution in [0.5, 0.6) is 0 Å². The molecule has 0 saturated heterocycles. The lowest BCUT2D eigenvalue weighted by Crippen LogP contribution is -2.24. The summed E-state index contributed by atoms with van der Waals surface area (Å²) >= 11 is 6.25. The SMILES string of the molecule is CCC(N)Cc1c(Cl)cccc1N(C)CC. The van der Waals surface area contributed by atoms with E-state index >= 15 is 0 Å². The molecule has 0 heterocycles. The van der Waals surface area contributed by atoms with Crippen molar-refractivity contribution in [1.29, 1.82) is 0 Å². The van der Waals surface area contributed by atoms with Crippen LogP contribution >= 0.6 is 11.6 Å². The molecule has 0 aliphatic rings. The lowest BCUT2D eigenvalue weighted by atomic mass is 10.0. The first-order valence-corrected chi connectivity index (χ1v) is 6.22. The van der Waals surface area contributed by atoms with Crippen LogP contribution in [0.25, 0.3) is 0 Å². The Morgan fingerprint density at radius 2 is 2.06 bits per heavy atom. The van der Waals surface area contributed by atoms with Gasteiger partial charge in [0.05, 0.1) is 0 Å². The molecular formula is C13H21ClN2. The summed E-state index contributed by atoms with van der Waals surface area (Å²) in [6, 6.07) is 6.22. The molecule has 1 rings (SSSR count). The molecule has 0 bridgehead atoms. The summed E-state index contributed by atoms with van der Waals surface area (Å²) in [7, 11) is 2.08. The summed E-state index contributed by atoms with van der Waals surface area (Å²) in [5.41, 5.74) is 8.37. The van der Waals surface area contributed by atoms with Gasteiger partial charge in [-0.1, -0.05) is 24.6 Å². The maximum Gasteiger partial charge on any atom is 0.0459 e. The average molecular weight is 241 g/mol. The van der Waals surface area contributed by atoms with Gasteiger partial charge >= 0.3 is 0 Å². The molecule has 0 saturated carbocycles. The summed E-state index contributed by atoms with van der Waals surface area (Å²) in [5.74, 6) is 0. The zero-order valence-corrected chi connectivity index (χ0v) is 11.1. The predicted octanol–water partition coefficient (Wildman–Crippen LogP) is 3.08. The van der Waals surface area contributed by atoms with Crippen molar-refractivity contribution in [1.82, 2.24) is 0 Å². The van der Waals surface area contributed by atoms with Gasteiger partial charge in [0.15, 0.2) is 0 Å². The van der Waals surface area contributed by atoms with Crippen molar-refractivity contribution in [3.63, 3.8) is 0 Å². The minimum Gasteiger partial charge on any atom is -0.375 e. The number of nitrogens with two attached hydrogens (primary N) is 1. The molecule has 0 aromatic heterocycles. The Morgan fingerprint density at radius 1 is 1.38 bits per heavy atom. The Labute approximate surface area is 103 Å². The van der Waals surface area contributed by atoms with E-state index in [1.165, 1.54) is 11.3 Å². The molecule has 1 aromatic carbocycles. The van der Waals surface area contributed by atoms with E-state index in [9.17, 15) is 0 Å². The van der Waals surface area contributed by atoms with Crippen molar-refractivity contribution in [3.05, 3.63) is 28.8 Å². The van der Waals surface area contributed by atoms with E-state index in [1.807, 2.05) is 12.1 Å². The molecule has 16 heavy (non-hydrogen) atoms. The van der Waals surface area contributed by atoms with E-state index in [2.05, 4.69) is 31.9 Å². The van der Waals surface area contributed by atoms with Gasteiger partial charge in [-0.05, 0) is 37.5 Å². The molecule has 3 heteroatoms.